The van der Waals surface area contributed by atoms with Gasteiger partial charge in [0.1, 0.15) is 5.82 Å². The van der Waals surface area contributed by atoms with Crippen LogP contribution in [0, 0.1) is 11.7 Å². The summed E-state index contributed by atoms with van der Waals surface area (Å²) in [6, 6.07) is 5.20. The van der Waals surface area contributed by atoms with E-state index >= 15 is 0 Å². The van der Waals surface area contributed by atoms with Crippen LogP contribution >= 0.6 is 15.9 Å². The van der Waals surface area contributed by atoms with E-state index in [0.717, 1.165) is 22.9 Å². The first-order chi connectivity index (χ1) is 7.58. The average Bonchev–Trinajstić information content (AvgIpc) is 2.29. The van der Waals surface area contributed by atoms with E-state index in [4.69, 9.17) is 0 Å². The summed E-state index contributed by atoms with van der Waals surface area (Å²) in [5, 5.41) is 3.19. The molecule has 0 bridgehead atoms. The molecule has 0 heterocycles. The van der Waals surface area contributed by atoms with Gasteiger partial charge in [-0.05, 0) is 37.6 Å². The van der Waals surface area contributed by atoms with Gasteiger partial charge in [0.15, 0.2) is 0 Å². The Bertz CT molecular complexity index is 341. The summed E-state index contributed by atoms with van der Waals surface area (Å²) in [6.45, 7) is 4.36. The number of hydrogen-bond acceptors (Lipinski definition) is 1. The smallest absolute Gasteiger partial charge is 0.128 e. The Hall–Kier alpha value is -0.410. The van der Waals surface area contributed by atoms with Gasteiger partial charge in [-0.2, -0.15) is 0 Å². The van der Waals surface area contributed by atoms with Gasteiger partial charge < -0.3 is 5.32 Å². The summed E-state index contributed by atoms with van der Waals surface area (Å²) in [7, 11) is 1.88. The lowest BCUT2D eigenvalue weighted by Gasteiger charge is -2.21. The predicted molar refractivity (Wildman–Crippen MR) is 70.0 cm³/mol. The maximum Gasteiger partial charge on any atom is 0.128 e. The molecule has 0 aliphatic rings. The van der Waals surface area contributed by atoms with Gasteiger partial charge >= 0.3 is 0 Å². The van der Waals surface area contributed by atoms with Crippen LogP contribution in [-0.2, 0) is 0 Å². The molecule has 2 unspecified atom stereocenters. The summed E-state index contributed by atoms with van der Waals surface area (Å²) in [4.78, 5) is 0. The quantitative estimate of drug-likeness (QED) is 0.852. The zero-order valence-corrected chi connectivity index (χ0v) is 11.6. The highest BCUT2D eigenvalue weighted by Gasteiger charge is 2.16. The molecule has 1 aromatic rings. The first-order valence-corrected chi connectivity index (χ1v) is 6.50. The van der Waals surface area contributed by atoms with Crippen LogP contribution < -0.4 is 5.32 Å². The predicted octanol–water partition coefficient (Wildman–Crippen LogP) is 4.28. The third-order valence-electron chi connectivity index (χ3n) is 3.02. The highest BCUT2D eigenvalue weighted by Crippen LogP contribution is 2.27. The minimum Gasteiger partial charge on any atom is -0.313 e. The number of nitrogens with one attached hydrogen (secondary N) is 1. The molecule has 3 heteroatoms. The largest absolute Gasteiger partial charge is 0.313 e. The summed E-state index contributed by atoms with van der Waals surface area (Å²) in [5.74, 6) is 0.460. The van der Waals surface area contributed by atoms with Crippen molar-refractivity contribution in [2.24, 2.45) is 5.92 Å². The Morgan fingerprint density at radius 1 is 1.44 bits per heavy atom. The number of halogens is 2. The van der Waals surface area contributed by atoms with E-state index in [1.54, 1.807) is 6.07 Å². The van der Waals surface area contributed by atoms with Gasteiger partial charge in [-0.15, -0.1) is 0 Å². The second kappa shape index (κ2) is 6.36. The molecule has 0 aliphatic carbocycles. The van der Waals surface area contributed by atoms with Gasteiger partial charge in [0.25, 0.3) is 0 Å². The average molecular weight is 288 g/mol. The van der Waals surface area contributed by atoms with Gasteiger partial charge in [-0.1, -0.05) is 36.2 Å². The topological polar surface area (TPSA) is 12.0 Å². The fourth-order valence-corrected chi connectivity index (χ4v) is 2.13. The normalized spacial score (nSPS) is 14.8. The van der Waals surface area contributed by atoms with Gasteiger partial charge in [0.2, 0.25) is 0 Å². The highest BCUT2D eigenvalue weighted by atomic mass is 79.9. The van der Waals surface area contributed by atoms with Crippen molar-refractivity contribution in [1.29, 1.82) is 0 Å². The standard InChI is InChI=1S/C13H19BrFN/c1-4-9(2)7-13(16-3)11-8-10(14)5-6-12(11)15/h5-6,8-9,13,16H,4,7H2,1-3H3. The summed E-state index contributed by atoms with van der Waals surface area (Å²) in [6.07, 6.45) is 2.08. The number of benzene rings is 1. The van der Waals surface area contributed by atoms with E-state index in [0.29, 0.717) is 5.92 Å². The van der Waals surface area contributed by atoms with Crippen molar-refractivity contribution in [3.05, 3.63) is 34.1 Å². The van der Waals surface area contributed by atoms with Crippen molar-refractivity contribution in [3.63, 3.8) is 0 Å². The summed E-state index contributed by atoms with van der Waals surface area (Å²) in [5.41, 5.74) is 0.747. The first kappa shape index (κ1) is 13.7. The zero-order chi connectivity index (χ0) is 12.1. The van der Waals surface area contributed by atoms with E-state index in [9.17, 15) is 4.39 Å². The minimum atomic E-state index is -0.133. The van der Waals surface area contributed by atoms with Crippen LogP contribution in [0.5, 0.6) is 0 Å². The molecule has 0 amide bonds. The Labute approximate surface area is 106 Å². The fourth-order valence-electron chi connectivity index (χ4n) is 1.75. The molecular formula is C13H19BrFN. The molecule has 0 aromatic heterocycles. The van der Waals surface area contributed by atoms with Gasteiger partial charge in [0.05, 0.1) is 0 Å². The molecule has 1 nitrogen and oxygen atoms in total. The SMILES string of the molecule is CCC(C)CC(NC)c1cc(Br)ccc1F. The minimum absolute atomic E-state index is 0.0902. The molecule has 0 spiro atoms. The molecule has 2 atom stereocenters. The Morgan fingerprint density at radius 2 is 2.12 bits per heavy atom. The lowest BCUT2D eigenvalue weighted by Crippen LogP contribution is -2.20. The molecular weight excluding hydrogens is 269 g/mol. The van der Waals surface area contributed by atoms with E-state index in [1.165, 1.54) is 6.07 Å². The van der Waals surface area contributed by atoms with Crippen LogP contribution in [0.15, 0.2) is 22.7 Å². The van der Waals surface area contributed by atoms with Gasteiger partial charge in [-0.3, -0.25) is 0 Å². The van der Waals surface area contributed by atoms with Crippen LogP contribution in [0.4, 0.5) is 4.39 Å². The molecule has 0 fully saturated rings. The molecule has 0 saturated carbocycles. The van der Waals surface area contributed by atoms with E-state index in [1.807, 2.05) is 13.1 Å². The van der Waals surface area contributed by atoms with Gasteiger partial charge in [-0.25, -0.2) is 4.39 Å². The second-order valence-corrected chi connectivity index (χ2v) is 5.17. The van der Waals surface area contributed by atoms with Crippen molar-refractivity contribution < 1.29 is 4.39 Å². The molecule has 1 aromatic carbocycles. The van der Waals surface area contributed by atoms with Crippen molar-refractivity contribution in [2.75, 3.05) is 7.05 Å². The fraction of sp³-hybridized carbons (Fsp3) is 0.538. The molecule has 1 rings (SSSR count). The van der Waals surface area contributed by atoms with E-state index in [2.05, 4.69) is 35.1 Å². The maximum atomic E-state index is 13.7. The van der Waals surface area contributed by atoms with Crippen LogP contribution in [0.2, 0.25) is 0 Å². The zero-order valence-electron chi connectivity index (χ0n) is 10.1. The van der Waals surface area contributed by atoms with Crippen molar-refractivity contribution >= 4 is 15.9 Å². The number of rotatable bonds is 5. The van der Waals surface area contributed by atoms with Crippen LogP contribution in [0.1, 0.15) is 38.3 Å². The van der Waals surface area contributed by atoms with Crippen molar-refractivity contribution in [2.45, 2.75) is 32.7 Å². The van der Waals surface area contributed by atoms with E-state index in [-0.39, 0.29) is 11.9 Å². The Morgan fingerprint density at radius 3 is 2.69 bits per heavy atom. The van der Waals surface area contributed by atoms with E-state index < -0.39 is 0 Å². The van der Waals surface area contributed by atoms with Crippen molar-refractivity contribution in [1.82, 2.24) is 5.32 Å². The molecule has 0 aliphatic heterocycles. The van der Waals surface area contributed by atoms with Crippen LogP contribution in [0.3, 0.4) is 0 Å². The molecule has 0 saturated heterocycles. The van der Waals surface area contributed by atoms with Crippen LogP contribution in [0.25, 0.3) is 0 Å². The Kier molecular flexibility index (Phi) is 5.42. The molecule has 16 heavy (non-hydrogen) atoms. The second-order valence-electron chi connectivity index (χ2n) is 4.26. The van der Waals surface area contributed by atoms with Crippen LogP contribution in [-0.4, -0.2) is 7.05 Å². The van der Waals surface area contributed by atoms with Gasteiger partial charge in [0, 0.05) is 16.1 Å². The molecule has 1 N–H and O–H groups in total. The lowest BCUT2D eigenvalue weighted by atomic mass is 9.94. The third-order valence-corrected chi connectivity index (χ3v) is 3.51. The highest BCUT2D eigenvalue weighted by molar-refractivity contribution is 9.10. The number of hydrogen-bond donors (Lipinski definition) is 1. The molecule has 0 radical (unpaired) electrons. The first-order valence-electron chi connectivity index (χ1n) is 5.70. The summed E-state index contributed by atoms with van der Waals surface area (Å²) < 4.78 is 14.6. The lowest BCUT2D eigenvalue weighted by molar-refractivity contribution is 0.410. The Balaban J connectivity index is 2.89. The summed E-state index contributed by atoms with van der Waals surface area (Å²) >= 11 is 3.38. The molecule has 90 valence electrons. The van der Waals surface area contributed by atoms with Crippen molar-refractivity contribution in [3.8, 4) is 0 Å². The maximum absolute atomic E-state index is 13.7. The monoisotopic (exact) mass is 287 g/mol. The third kappa shape index (κ3) is 3.56.